The number of hydrazone groups is 1. The van der Waals surface area contributed by atoms with E-state index in [1.54, 1.807) is 31.2 Å². The van der Waals surface area contributed by atoms with Crippen molar-refractivity contribution >= 4 is 23.7 Å². The van der Waals surface area contributed by atoms with Gasteiger partial charge in [0.1, 0.15) is 11.5 Å². The SMILES string of the molecule is CCc1ccc(NC(=O)C(=O)N/N=C\c2ccc(C)o2)cc1. The van der Waals surface area contributed by atoms with Gasteiger partial charge in [0.05, 0.1) is 6.21 Å². The minimum absolute atomic E-state index is 0.494. The van der Waals surface area contributed by atoms with Crippen molar-refractivity contribution in [2.45, 2.75) is 20.3 Å². The predicted octanol–water partition coefficient (Wildman–Crippen LogP) is 2.24. The van der Waals surface area contributed by atoms with Crippen molar-refractivity contribution in [3.63, 3.8) is 0 Å². The highest BCUT2D eigenvalue weighted by atomic mass is 16.3. The van der Waals surface area contributed by atoms with E-state index in [0.717, 1.165) is 17.7 Å². The van der Waals surface area contributed by atoms with Gasteiger partial charge in [0.15, 0.2) is 0 Å². The number of nitrogens with one attached hydrogen (secondary N) is 2. The summed E-state index contributed by atoms with van der Waals surface area (Å²) in [6.07, 6.45) is 2.24. The average Bonchev–Trinajstić information content (AvgIpc) is 2.93. The molecule has 22 heavy (non-hydrogen) atoms. The van der Waals surface area contributed by atoms with Crippen molar-refractivity contribution in [2.75, 3.05) is 5.32 Å². The summed E-state index contributed by atoms with van der Waals surface area (Å²) in [7, 11) is 0. The second-order valence-corrected chi connectivity index (χ2v) is 4.65. The number of furan rings is 1. The quantitative estimate of drug-likeness (QED) is 0.516. The fraction of sp³-hybridized carbons (Fsp3) is 0.188. The molecule has 2 aromatic rings. The molecule has 1 aromatic heterocycles. The third-order valence-electron chi connectivity index (χ3n) is 2.95. The molecule has 0 unspecified atom stereocenters. The molecular weight excluding hydrogens is 282 g/mol. The monoisotopic (exact) mass is 299 g/mol. The molecule has 1 aromatic carbocycles. The summed E-state index contributed by atoms with van der Waals surface area (Å²) in [5.41, 5.74) is 3.85. The van der Waals surface area contributed by atoms with Crippen molar-refractivity contribution in [1.82, 2.24) is 5.43 Å². The van der Waals surface area contributed by atoms with Gasteiger partial charge in [0.25, 0.3) is 0 Å². The van der Waals surface area contributed by atoms with Crippen molar-refractivity contribution in [2.24, 2.45) is 5.10 Å². The Hall–Kier alpha value is -2.89. The third-order valence-corrected chi connectivity index (χ3v) is 2.95. The van der Waals surface area contributed by atoms with Gasteiger partial charge in [0.2, 0.25) is 0 Å². The first-order chi connectivity index (χ1) is 10.6. The van der Waals surface area contributed by atoms with E-state index >= 15 is 0 Å². The molecule has 0 radical (unpaired) electrons. The van der Waals surface area contributed by atoms with E-state index in [2.05, 4.69) is 15.8 Å². The maximum Gasteiger partial charge on any atom is 0.329 e. The first-order valence-electron chi connectivity index (χ1n) is 6.88. The van der Waals surface area contributed by atoms with Crippen LogP contribution < -0.4 is 10.7 Å². The number of hydrogen-bond donors (Lipinski definition) is 2. The van der Waals surface area contributed by atoms with Crippen molar-refractivity contribution in [3.8, 4) is 0 Å². The number of nitrogens with zero attached hydrogens (tertiary/aromatic N) is 1. The van der Waals surface area contributed by atoms with Crippen LogP contribution in [0.15, 0.2) is 45.9 Å². The Morgan fingerprint density at radius 1 is 1.14 bits per heavy atom. The van der Waals surface area contributed by atoms with Crippen LogP contribution in [0.3, 0.4) is 0 Å². The molecule has 0 aliphatic rings. The Balaban J connectivity index is 1.86. The number of carbonyl (C=O) groups excluding carboxylic acids is 2. The zero-order chi connectivity index (χ0) is 15.9. The van der Waals surface area contributed by atoms with Crippen LogP contribution in [-0.4, -0.2) is 18.0 Å². The molecule has 0 spiro atoms. The molecule has 0 saturated heterocycles. The van der Waals surface area contributed by atoms with Gasteiger partial charge >= 0.3 is 11.8 Å². The molecule has 2 rings (SSSR count). The highest BCUT2D eigenvalue weighted by molar-refractivity contribution is 6.39. The Labute approximate surface area is 128 Å². The van der Waals surface area contributed by atoms with Gasteiger partial charge in [-0.1, -0.05) is 19.1 Å². The van der Waals surface area contributed by atoms with Crippen molar-refractivity contribution in [1.29, 1.82) is 0 Å². The summed E-state index contributed by atoms with van der Waals surface area (Å²) in [6.45, 7) is 3.84. The van der Waals surface area contributed by atoms with Gasteiger partial charge in [0, 0.05) is 5.69 Å². The van der Waals surface area contributed by atoms with Gasteiger partial charge in [-0.25, -0.2) is 5.43 Å². The summed E-state index contributed by atoms with van der Waals surface area (Å²) in [4.78, 5) is 23.3. The van der Waals surface area contributed by atoms with Crippen LogP contribution in [0, 0.1) is 6.92 Å². The van der Waals surface area contributed by atoms with Crippen LogP contribution in [0.1, 0.15) is 24.0 Å². The van der Waals surface area contributed by atoms with Gasteiger partial charge in [-0.3, -0.25) is 9.59 Å². The zero-order valence-electron chi connectivity index (χ0n) is 12.4. The normalized spacial score (nSPS) is 10.6. The first-order valence-corrected chi connectivity index (χ1v) is 6.88. The lowest BCUT2D eigenvalue weighted by molar-refractivity contribution is -0.136. The van der Waals surface area contributed by atoms with E-state index in [0.29, 0.717) is 11.4 Å². The molecule has 0 atom stereocenters. The number of hydrogen-bond acceptors (Lipinski definition) is 4. The molecule has 2 amide bonds. The van der Waals surface area contributed by atoms with Crippen LogP contribution in [-0.2, 0) is 16.0 Å². The second kappa shape index (κ2) is 7.21. The smallest absolute Gasteiger partial charge is 0.329 e. The molecule has 114 valence electrons. The third kappa shape index (κ3) is 4.31. The summed E-state index contributed by atoms with van der Waals surface area (Å²) < 4.78 is 5.24. The zero-order valence-corrected chi connectivity index (χ0v) is 12.4. The number of benzene rings is 1. The first kappa shape index (κ1) is 15.5. The fourth-order valence-corrected chi connectivity index (χ4v) is 1.74. The molecular formula is C16H17N3O3. The van der Waals surface area contributed by atoms with E-state index in [1.807, 2.05) is 19.1 Å². The highest BCUT2D eigenvalue weighted by Crippen LogP contribution is 2.09. The van der Waals surface area contributed by atoms with E-state index in [-0.39, 0.29) is 0 Å². The maximum absolute atomic E-state index is 11.7. The Bertz CT molecular complexity index is 687. The summed E-state index contributed by atoms with van der Waals surface area (Å²) in [6, 6.07) is 10.8. The Morgan fingerprint density at radius 3 is 2.45 bits per heavy atom. The summed E-state index contributed by atoms with van der Waals surface area (Å²) in [5.74, 6) is -0.398. The average molecular weight is 299 g/mol. The lowest BCUT2D eigenvalue weighted by Gasteiger charge is -2.04. The molecule has 0 bridgehead atoms. The molecule has 1 heterocycles. The lowest BCUT2D eigenvalue weighted by Crippen LogP contribution is -2.32. The van der Waals surface area contributed by atoms with Crippen LogP contribution >= 0.6 is 0 Å². The van der Waals surface area contributed by atoms with Crippen LogP contribution in [0.5, 0.6) is 0 Å². The minimum atomic E-state index is -0.848. The Morgan fingerprint density at radius 2 is 1.86 bits per heavy atom. The predicted molar refractivity (Wildman–Crippen MR) is 83.6 cm³/mol. The molecule has 0 fully saturated rings. The maximum atomic E-state index is 11.7. The summed E-state index contributed by atoms with van der Waals surface area (Å²) in [5, 5.41) is 6.16. The number of rotatable bonds is 4. The molecule has 0 aliphatic heterocycles. The van der Waals surface area contributed by atoms with Crippen LogP contribution in [0.4, 0.5) is 5.69 Å². The highest BCUT2D eigenvalue weighted by Gasteiger charge is 2.12. The topological polar surface area (TPSA) is 83.7 Å². The van der Waals surface area contributed by atoms with E-state index in [1.165, 1.54) is 6.21 Å². The number of amides is 2. The largest absolute Gasteiger partial charge is 0.460 e. The lowest BCUT2D eigenvalue weighted by atomic mass is 10.1. The standard InChI is InChI=1S/C16H17N3O3/c1-3-12-5-7-13(8-6-12)18-15(20)16(21)19-17-10-14-9-4-11(2)22-14/h4-10H,3H2,1-2H3,(H,18,20)(H,19,21)/b17-10-. The second-order valence-electron chi connectivity index (χ2n) is 4.65. The molecule has 6 heteroatoms. The summed E-state index contributed by atoms with van der Waals surface area (Å²) >= 11 is 0. The molecule has 2 N–H and O–H groups in total. The molecule has 6 nitrogen and oxygen atoms in total. The Kier molecular flexibility index (Phi) is 5.08. The number of anilines is 1. The van der Waals surface area contributed by atoms with Crippen LogP contribution in [0.2, 0.25) is 0 Å². The fourth-order valence-electron chi connectivity index (χ4n) is 1.74. The number of carbonyl (C=O) groups is 2. The van der Waals surface area contributed by atoms with Gasteiger partial charge in [-0.15, -0.1) is 0 Å². The van der Waals surface area contributed by atoms with E-state index in [9.17, 15) is 9.59 Å². The van der Waals surface area contributed by atoms with E-state index < -0.39 is 11.8 Å². The number of aryl methyl sites for hydroxylation is 2. The van der Waals surface area contributed by atoms with Crippen LogP contribution in [0.25, 0.3) is 0 Å². The van der Waals surface area contributed by atoms with Gasteiger partial charge in [-0.2, -0.15) is 5.10 Å². The van der Waals surface area contributed by atoms with Crippen molar-refractivity contribution < 1.29 is 14.0 Å². The van der Waals surface area contributed by atoms with E-state index in [4.69, 9.17) is 4.42 Å². The van der Waals surface area contributed by atoms with Gasteiger partial charge < -0.3 is 9.73 Å². The molecule has 0 aliphatic carbocycles. The minimum Gasteiger partial charge on any atom is -0.460 e. The molecule has 0 saturated carbocycles. The van der Waals surface area contributed by atoms with Crippen molar-refractivity contribution in [3.05, 3.63) is 53.5 Å². The van der Waals surface area contributed by atoms with Gasteiger partial charge in [-0.05, 0) is 43.2 Å².